The second-order valence-corrected chi connectivity index (χ2v) is 8.57. The van der Waals surface area contributed by atoms with E-state index in [0.29, 0.717) is 22.0 Å². The molecule has 1 N–H and O–H groups in total. The summed E-state index contributed by atoms with van der Waals surface area (Å²) in [7, 11) is 1.27. The summed E-state index contributed by atoms with van der Waals surface area (Å²) in [5.74, 6) is -0.727. The molecule has 0 aromatic carbocycles. The number of aromatic nitrogens is 3. The standard InChI is InChI=1S/C22H20F2N4O4S/c1-10-12(3)33-21(17(10)22(30)31-4)26-16(29)9-28-20-18(11(2)27-28)13(19(23)24)8-14(25-20)15-6-5-7-32-15/h5-8,19H,9H2,1-4H3,(H,26,29). The Morgan fingerprint density at radius 1 is 1.30 bits per heavy atom. The van der Waals surface area contributed by atoms with E-state index in [4.69, 9.17) is 9.15 Å². The fourth-order valence-electron chi connectivity index (χ4n) is 3.58. The first-order chi connectivity index (χ1) is 15.7. The number of pyridine rings is 1. The van der Waals surface area contributed by atoms with Crippen LogP contribution in [0.1, 0.15) is 38.5 Å². The topological polar surface area (TPSA) is 99.2 Å². The van der Waals surface area contributed by atoms with Crippen LogP contribution in [0.5, 0.6) is 0 Å². The number of nitrogens with zero attached hydrogens (tertiary/aromatic N) is 3. The van der Waals surface area contributed by atoms with Crippen molar-refractivity contribution in [2.75, 3.05) is 12.4 Å². The van der Waals surface area contributed by atoms with Gasteiger partial charge in [0.2, 0.25) is 5.91 Å². The van der Waals surface area contributed by atoms with E-state index < -0.39 is 18.3 Å². The molecule has 0 atom stereocenters. The maximum Gasteiger partial charge on any atom is 0.341 e. The van der Waals surface area contributed by atoms with Gasteiger partial charge in [-0.1, -0.05) is 0 Å². The summed E-state index contributed by atoms with van der Waals surface area (Å²) in [5, 5.41) is 7.53. The molecular formula is C22H20F2N4O4S. The monoisotopic (exact) mass is 474 g/mol. The molecule has 0 aliphatic heterocycles. The van der Waals surface area contributed by atoms with Crippen LogP contribution in [0.15, 0.2) is 28.9 Å². The molecule has 11 heteroatoms. The highest BCUT2D eigenvalue weighted by Gasteiger charge is 2.24. The van der Waals surface area contributed by atoms with Gasteiger partial charge in [0, 0.05) is 10.4 Å². The number of aryl methyl sites for hydroxylation is 2. The van der Waals surface area contributed by atoms with Crippen LogP contribution in [0.4, 0.5) is 13.8 Å². The largest absolute Gasteiger partial charge is 0.465 e. The van der Waals surface area contributed by atoms with E-state index in [1.54, 1.807) is 26.0 Å². The van der Waals surface area contributed by atoms with Gasteiger partial charge in [-0.2, -0.15) is 5.10 Å². The van der Waals surface area contributed by atoms with Crippen molar-refractivity contribution in [3.8, 4) is 11.5 Å². The lowest BCUT2D eigenvalue weighted by atomic mass is 10.1. The minimum atomic E-state index is -2.77. The van der Waals surface area contributed by atoms with Crippen molar-refractivity contribution in [2.45, 2.75) is 33.7 Å². The van der Waals surface area contributed by atoms with E-state index >= 15 is 0 Å². The Kier molecular flexibility index (Phi) is 5.98. The zero-order chi connectivity index (χ0) is 23.9. The quantitative estimate of drug-likeness (QED) is 0.393. The zero-order valence-electron chi connectivity index (χ0n) is 18.2. The molecule has 4 rings (SSSR count). The molecule has 4 aromatic heterocycles. The molecule has 0 radical (unpaired) electrons. The third kappa shape index (κ3) is 4.11. The first-order valence-electron chi connectivity index (χ1n) is 9.89. The summed E-state index contributed by atoms with van der Waals surface area (Å²) in [6.45, 7) is 4.89. The lowest BCUT2D eigenvalue weighted by molar-refractivity contribution is -0.116. The average molecular weight is 474 g/mol. The first-order valence-corrected chi connectivity index (χ1v) is 10.7. The number of fused-ring (bicyclic) bond motifs is 1. The highest BCUT2D eigenvalue weighted by molar-refractivity contribution is 7.16. The molecule has 0 aliphatic rings. The number of alkyl halides is 2. The number of anilines is 1. The van der Waals surface area contributed by atoms with Crippen molar-refractivity contribution in [3.05, 3.63) is 51.7 Å². The Morgan fingerprint density at radius 3 is 2.70 bits per heavy atom. The van der Waals surface area contributed by atoms with Gasteiger partial charge >= 0.3 is 5.97 Å². The van der Waals surface area contributed by atoms with Crippen LogP contribution in [0.25, 0.3) is 22.5 Å². The number of nitrogens with one attached hydrogen (secondary N) is 1. The van der Waals surface area contributed by atoms with E-state index in [0.717, 1.165) is 4.88 Å². The number of rotatable bonds is 6. The van der Waals surface area contributed by atoms with Gasteiger partial charge in [0.05, 0.1) is 30.0 Å². The Balaban J connectivity index is 1.72. The predicted molar refractivity (Wildman–Crippen MR) is 119 cm³/mol. The SMILES string of the molecule is COC(=O)c1c(NC(=O)Cn2nc(C)c3c(C(F)F)cc(-c4ccco4)nc32)sc(C)c1C. The molecule has 0 spiro atoms. The second kappa shape index (κ2) is 8.74. The summed E-state index contributed by atoms with van der Waals surface area (Å²) in [4.78, 5) is 30.3. The molecule has 8 nitrogen and oxygen atoms in total. The van der Waals surface area contributed by atoms with Crippen LogP contribution in [0, 0.1) is 20.8 Å². The molecule has 172 valence electrons. The summed E-state index contributed by atoms with van der Waals surface area (Å²) in [6.07, 6.45) is -1.35. The number of halogens is 2. The number of hydrogen-bond donors (Lipinski definition) is 1. The molecule has 4 heterocycles. The number of methoxy groups -OCH3 is 1. The second-order valence-electron chi connectivity index (χ2n) is 7.34. The van der Waals surface area contributed by atoms with Crippen LogP contribution < -0.4 is 5.32 Å². The van der Waals surface area contributed by atoms with E-state index in [1.807, 2.05) is 6.92 Å². The molecule has 0 unspecified atom stereocenters. The minimum Gasteiger partial charge on any atom is -0.465 e. The van der Waals surface area contributed by atoms with Crippen molar-refractivity contribution in [2.24, 2.45) is 0 Å². The van der Waals surface area contributed by atoms with Crippen molar-refractivity contribution in [3.63, 3.8) is 0 Å². The fraction of sp³-hybridized carbons (Fsp3) is 0.273. The molecule has 1 amide bonds. The summed E-state index contributed by atoms with van der Waals surface area (Å²) < 4.78 is 39.1. The number of carbonyl (C=O) groups is 2. The lowest BCUT2D eigenvalue weighted by Gasteiger charge is -2.08. The first kappa shape index (κ1) is 22.6. The lowest BCUT2D eigenvalue weighted by Crippen LogP contribution is -2.20. The van der Waals surface area contributed by atoms with Crippen LogP contribution in [-0.4, -0.2) is 33.8 Å². The number of amides is 1. The van der Waals surface area contributed by atoms with Gasteiger partial charge in [0.15, 0.2) is 11.4 Å². The van der Waals surface area contributed by atoms with Crippen LogP contribution in [-0.2, 0) is 16.1 Å². The Morgan fingerprint density at radius 2 is 2.06 bits per heavy atom. The van der Waals surface area contributed by atoms with Crippen molar-refractivity contribution in [1.82, 2.24) is 14.8 Å². The van der Waals surface area contributed by atoms with Gasteiger partial charge in [0.25, 0.3) is 6.43 Å². The third-order valence-corrected chi connectivity index (χ3v) is 6.36. The molecule has 4 aromatic rings. The van der Waals surface area contributed by atoms with Crippen LogP contribution >= 0.6 is 11.3 Å². The molecule has 0 aliphatic carbocycles. The maximum atomic E-state index is 13.8. The molecule has 0 fully saturated rings. The predicted octanol–water partition coefficient (Wildman–Crippen LogP) is 5.04. The summed E-state index contributed by atoms with van der Waals surface area (Å²) >= 11 is 1.25. The van der Waals surface area contributed by atoms with Crippen molar-refractivity contribution >= 4 is 39.2 Å². The zero-order valence-corrected chi connectivity index (χ0v) is 19.0. The Hall–Kier alpha value is -3.60. The van der Waals surface area contributed by atoms with Gasteiger partial charge < -0.3 is 14.5 Å². The van der Waals surface area contributed by atoms with Crippen LogP contribution in [0.3, 0.4) is 0 Å². The van der Waals surface area contributed by atoms with Crippen molar-refractivity contribution in [1.29, 1.82) is 0 Å². The number of esters is 1. The molecular weight excluding hydrogens is 454 g/mol. The summed E-state index contributed by atoms with van der Waals surface area (Å²) in [6, 6.07) is 4.51. The number of thiophene rings is 1. The summed E-state index contributed by atoms with van der Waals surface area (Å²) in [5.41, 5.74) is 1.43. The Labute approximate surface area is 191 Å². The smallest absolute Gasteiger partial charge is 0.341 e. The Bertz CT molecular complexity index is 1360. The van der Waals surface area contributed by atoms with Gasteiger partial charge in [-0.05, 0) is 44.5 Å². The van der Waals surface area contributed by atoms with Gasteiger partial charge in [-0.25, -0.2) is 23.2 Å². The third-order valence-electron chi connectivity index (χ3n) is 5.24. The highest BCUT2D eigenvalue weighted by Crippen LogP contribution is 2.34. The number of ether oxygens (including phenoxy) is 1. The molecule has 0 saturated heterocycles. The number of carbonyl (C=O) groups excluding carboxylic acids is 2. The van der Waals surface area contributed by atoms with E-state index in [-0.39, 0.29) is 34.4 Å². The highest BCUT2D eigenvalue weighted by atomic mass is 32.1. The van der Waals surface area contributed by atoms with Crippen LogP contribution in [0.2, 0.25) is 0 Å². The fourth-order valence-corrected chi connectivity index (χ4v) is 4.65. The van der Waals surface area contributed by atoms with Gasteiger partial charge in [-0.15, -0.1) is 11.3 Å². The normalized spacial score (nSPS) is 11.4. The maximum absolute atomic E-state index is 13.8. The molecule has 0 bridgehead atoms. The van der Waals surface area contributed by atoms with E-state index in [1.165, 1.54) is 35.5 Å². The van der Waals surface area contributed by atoms with E-state index in [9.17, 15) is 18.4 Å². The number of hydrogen-bond acceptors (Lipinski definition) is 7. The molecule has 0 saturated carbocycles. The van der Waals surface area contributed by atoms with Gasteiger partial charge in [0.1, 0.15) is 17.2 Å². The van der Waals surface area contributed by atoms with Crippen molar-refractivity contribution < 1.29 is 27.5 Å². The molecule has 33 heavy (non-hydrogen) atoms. The number of furan rings is 1. The van der Waals surface area contributed by atoms with E-state index in [2.05, 4.69) is 15.4 Å². The van der Waals surface area contributed by atoms with Gasteiger partial charge in [-0.3, -0.25) is 4.79 Å². The average Bonchev–Trinajstić information content (AvgIpc) is 3.47. The minimum absolute atomic E-state index is 0.138.